The Morgan fingerprint density at radius 3 is 2.27 bits per heavy atom. The normalized spacial score (nSPS) is 10.2. The zero-order chi connectivity index (χ0) is 8.43. The Morgan fingerprint density at radius 1 is 1.18 bits per heavy atom. The first kappa shape index (κ1) is 9.27. The summed E-state index contributed by atoms with van der Waals surface area (Å²) >= 11 is 6.94. The van der Waals surface area contributed by atoms with Crippen LogP contribution in [0.5, 0.6) is 0 Å². The molecule has 0 unspecified atom stereocenters. The molecule has 0 saturated heterocycles. The van der Waals surface area contributed by atoms with Gasteiger partial charge in [0.05, 0.1) is 0 Å². The van der Waals surface area contributed by atoms with Crippen molar-refractivity contribution in [1.29, 1.82) is 0 Å². The smallest absolute Gasteiger partial charge is 0.0320 e. The summed E-state index contributed by atoms with van der Waals surface area (Å²) in [6, 6.07) is 4.31. The molecule has 11 heavy (non-hydrogen) atoms. The highest BCUT2D eigenvalue weighted by atomic mass is 79.9. The van der Waals surface area contributed by atoms with Crippen LogP contribution in [-0.2, 0) is 6.42 Å². The van der Waals surface area contributed by atoms with E-state index in [0.717, 1.165) is 15.4 Å². The maximum absolute atomic E-state index is 3.47. The van der Waals surface area contributed by atoms with Gasteiger partial charge in [0.2, 0.25) is 0 Å². The quantitative estimate of drug-likeness (QED) is 0.726. The van der Waals surface area contributed by atoms with E-state index in [4.69, 9.17) is 0 Å². The van der Waals surface area contributed by atoms with Gasteiger partial charge in [0.25, 0.3) is 0 Å². The van der Waals surface area contributed by atoms with Gasteiger partial charge in [-0.25, -0.2) is 0 Å². The van der Waals surface area contributed by atoms with Gasteiger partial charge in [-0.05, 0) is 68.5 Å². The second-order valence-electron chi connectivity index (χ2n) is 2.55. The van der Waals surface area contributed by atoms with E-state index in [1.54, 1.807) is 0 Å². The van der Waals surface area contributed by atoms with E-state index in [1.165, 1.54) is 11.1 Å². The summed E-state index contributed by atoms with van der Waals surface area (Å²) in [4.78, 5) is 0. The largest absolute Gasteiger partial charge is 0.0613 e. The molecule has 0 fully saturated rings. The van der Waals surface area contributed by atoms with E-state index < -0.39 is 0 Å². The Kier molecular flexibility index (Phi) is 3.14. The number of hydrogen-bond donors (Lipinski definition) is 0. The summed E-state index contributed by atoms with van der Waals surface area (Å²) in [5.41, 5.74) is 2.75. The highest BCUT2D eigenvalue weighted by Gasteiger charge is 2.00. The first-order valence-corrected chi connectivity index (χ1v) is 5.18. The Hall–Kier alpha value is 0.180. The predicted octanol–water partition coefficient (Wildman–Crippen LogP) is 4.08. The molecule has 0 atom stereocenters. The fourth-order valence-electron chi connectivity index (χ4n) is 1.07. The molecule has 0 heterocycles. The van der Waals surface area contributed by atoms with Gasteiger partial charge in [0, 0.05) is 8.95 Å². The molecule has 0 amide bonds. The predicted molar refractivity (Wildman–Crippen MR) is 56.0 cm³/mol. The van der Waals surface area contributed by atoms with E-state index in [1.807, 2.05) is 0 Å². The molecule has 0 N–H and O–H groups in total. The molecule has 0 bridgehead atoms. The summed E-state index contributed by atoms with van der Waals surface area (Å²) in [5.74, 6) is 0. The standard InChI is InChI=1S/C9H10Br2/c1-3-7-5-9(11)8(10)4-6(7)2/h4-5H,3H2,1-2H3. The van der Waals surface area contributed by atoms with E-state index in [2.05, 4.69) is 57.8 Å². The van der Waals surface area contributed by atoms with E-state index in [0.29, 0.717) is 0 Å². The summed E-state index contributed by atoms with van der Waals surface area (Å²) in [7, 11) is 0. The van der Waals surface area contributed by atoms with Crippen molar-refractivity contribution < 1.29 is 0 Å². The molecule has 0 spiro atoms. The Labute approximate surface area is 84.3 Å². The zero-order valence-corrected chi connectivity index (χ0v) is 9.79. The fraction of sp³-hybridized carbons (Fsp3) is 0.333. The first-order valence-electron chi connectivity index (χ1n) is 3.59. The summed E-state index contributed by atoms with van der Waals surface area (Å²) in [5, 5.41) is 0. The first-order chi connectivity index (χ1) is 5.15. The number of rotatable bonds is 1. The lowest BCUT2D eigenvalue weighted by molar-refractivity contribution is 1.10. The molecule has 0 radical (unpaired) electrons. The molecule has 0 saturated carbocycles. The van der Waals surface area contributed by atoms with Crippen molar-refractivity contribution in [2.24, 2.45) is 0 Å². The van der Waals surface area contributed by atoms with E-state index in [-0.39, 0.29) is 0 Å². The second kappa shape index (κ2) is 3.72. The maximum Gasteiger partial charge on any atom is 0.0320 e. The van der Waals surface area contributed by atoms with Gasteiger partial charge in [-0.3, -0.25) is 0 Å². The minimum atomic E-state index is 1.09. The van der Waals surface area contributed by atoms with E-state index in [9.17, 15) is 0 Å². The Bertz CT molecular complexity index is 267. The van der Waals surface area contributed by atoms with Gasteiger partial charge >= 0.3 is 0 Å². The monoisotopic (exact) mass is 276 g/mol. The van der Waals surface area contributed by atoms with Crippen molar-refractivity contribution in [3.8, 4) is 0 Å². The molecule has 1 aromatic rings. The lowest BCUT2D eigenvalue weighted by atomic mass is 10.1. The third-order valence-electron chi connectivity index (χ3n) is 1.76. The van der Waals surface area contributed by atoms with Crippen molar-refractivity contribution >= 4 is 31.9 Å². The van der Waals surface area contributed by atoms with Crippen molar-refractivity contribution in [1.82, 2.24) is 0 Å². The van der Waals surface area contributed by atoms with Crippen molar-refractivity contribution in [3.05, 3.63) is 32.2 Å². The molecule has 1 aromatic carbocycles. The summed E-state index contributed by atoms with van der Waals surface area (Å²) in [6.07, 6.45) is 1.09. The minimum absolute atomic E-state index is 1.09. The Morgan fingerprint density at radius 2 is 1.73 bits per heavy atom. The highest BCUT2D eigenvalue weighted by Crippen LogP contribution is 2.26. The molecule has 0 aliphatic carbocycles. The van der Waals surface area contributed by atoms with Crippen LogP contribution in [0.4, 0.5) is 0 Å². The van der Waals surface area contributed by atoms with Crippen LogP contribution in [0.25, 0.3) is 0 Å². The lowest BCUT2D eigenvalue weighted by Crippen LogP contribution is -1.86. The van der Waals surface area contributed by atoms with Crippen LogP contribution in [0.3, 0.4) is 0 Å². The number of hydrogen-bond acceptors (Lipinski definition) is 0. The summed E-state index contributed by atoms with van der Waals surface area (Å²) in [6.45, 7) is 4.30. The van der Waals surface area contributed by atoms with Crippen LogP contribution in [0.2, 0.25) is 0 Å². The van der Waals surface area contributed by atoms with Crippen LogP contribution in [-0.4, -0.2) is 0 Å². The highest BCUT2D eigenvalue weighted by molar-refractivity contribution is 9.13. The maximum atomic E-state index is 3.47. The number of halogens is 2. The zero-order valence-electron chi connectivity index (χ0n) is 6.62. The fourth-order valence-corrected chi connectivity index (χ4v) is 1.92. The van der Waals surface area contributed by atoms with Crippen LogP contribution >= 0.6 is 31.9 Å². The number of benzene rings is 1. The molecule has 2 heteroatoms. The Balaban J connectivity index is 3.21. The van der Waals surface area contributed by atoms with E-state index >= 15 is 0 Å². The molecule has 0 aliphatic rings. The summed E-state index contributed by atoms with van der Waals surface area (Å²) < 4.78 is 2.27. The third kappa shape index (κ3) is 2.06. The SMILES string of the molecule is CCc1cc(Br)c(Br)cc1C. The van der Waals surface area contributed by atoms with Gasteiger partial charge in [-0.15, -0.1) is 0 Å². The van der Waals surface area contributed by atoms with Crippen molar-refractivity contribution in [2.75, 3.05) is 0 Å². The molecular formula is C9H10Br2. The van der Waals surface area contributed by atoms with Crippen LogP contribution in [0.1, 0.15) is 18.1 Å². The molecular weight excluding hydrogens is 268 g/mol. The van der Waals surface area contributed by atoms with Gasteiger partial charge in [-0.2, -0.15) is 0 Å². The van der Waals surface area contributed by atoms with Gasteiger partial charge in [0.15, 0.2) is 0 Å². The molecule has 0 nitrogen and oxygen atoms in total. The molecule has 0 aromatic heterocycles. The van der Waals surface area contributed by atoms with Crippen LogP contribution < -0.4 is 0 Å². The average molecular weight is 278 g/mol. The topological polar surface area (TPSA) is 0 Å². The van der Waals surface area contributed by atoms with Gasteiger partial charge in [-0.1, -0.05) is 6.92 Å². The van der Waals surface area contributed by atoms with Crippen molar-refractivity contribution in [3.63, 3.8) is 0 Å². The molecule has 1 rings (SSSR count). The van der Waals surface area contributed by atoms with Gasteiger partial charge in [0.1, 0.15) is 0 Å². The minimum Gasteiger partial charge on any atom is -0.0613 e. The second-order valence-corrected chi connectivity index (χ2v) is 4.26. The molecule has 0 aliphatic heterocycles. The average Bonchev–Trinajstić information content (AvgIpc) is 1.97. The third-order valence-corrected chi connectivity index (χ3v) is 3.60. The van der Waals surface area contributed by atoms with Crippen LogP contribution in [0.15, 0.2) is 21.1 Å². The lowest BCUT2D eigenvalue weighted by Gasteiger charge is -2.04. The number of aryl methyl sites for hydroxylation is 2. The van der Waals surface area contributed by atoms with Crippen LogP contribution in [0, 0.1) is 6.92 Å². The van der Waals surface area contributed by atoms with Gasteiger partial charge < -0.3 is 0 Å². The molecule has 60 valence electrons. The van der Waals surface area contributed by atoms with Crippen molar-refractivity contribution in [2.45, 2.75) is 20.3 Å².